The van der Waals surface area contributed by atoms with E-state index in [-0.39, 0.29) is 29.5 Å². The van der Waals surface area contributed by atoms with Gasteiger partial charge in [-0.3, -0.25) is 4.90 Å². The van der Waals surface area contributed by atoms with Crippen LogP contribution in [0.25, 0.3) is 0 Å². The van der Waals surface area contributed by atoms with E-state index in [9.17, 15) is 9.59 Å². The number of carbonyl (C=O) groups is 2. The maximum atomic E-state index is 11.7. The molecule has 0 aliphatic carbocycles. The molecule has 0 spiro atoms. The molecule has 0 aromatic carbocycles. The van der Waals surface area contributed by atoms with Crippen molar-refractivity contribution in [2.45, 2.75) is 75.9 Å². The van der Waals surface area contributed by atoms with Crippen molar-refractivity contribution < 1.29 is 14.7 Å². The van der Waals surface area contributed by atoms with Crippen LogP contribution in [-0.4, -0.2) is 64.5 Å². The summed E-state index contributed by atoms with van der Waals surface area (Å²) in [5.41, 5.74) is 0. The van der Waals surface area contributed by atoms with Gasteiger partial charge in [-0.15, -0.1) is 11.8 Å². The Morgan fingerprint density at radius 1 is 1.32 bits per heavy atom. The second kappa shape index (κ2) is 10.1. The van der Waals surface area contributed by atoms with E-state index in [4.69, 9.17) is 5.11 Å². The summed E-state index contributed by atoms with van der Waals surface area (Å²) in [5.74, 6) is 0.908. The van der Waals surface area contributed by atoms with Gasteiger partial charge < -0.3 is 21.1 Å². The van der Waals surface area contributed by atoms with Crippen LogP contribution in [0.15, 0.2) is 0 Å². The molecule has 1 unspecified atom stereocenters. The molecule has 2 saturated heterocycles. The van der Waals surface area contributed by atoms with Crippen LogP contribution < -0.4 is 16.0 Å². The Hall–Kier alpha value is -1.15. The van der Waals surface area contributed by atoms with E-state index in [1.165, 1.54) is 6.42 Å². The molecule has 0 aromatic heterocycles. The third-order valence-electron chi connectivity index (χ3n) is 5.00. The highest BCUT2D eigenvalue weighted by Gasteiger charge is 2.46. The Morgan fingerprint density at radius 3 is 2.76 bits per heavy atom. The number of hydrogen-bond acceptors (Lipinski definition) is 4. The maximum Gasteiger partial charge on any atom is 0.404 e. The molecule has 3 amide bonds. The fourth-order valence-corrected chi connectivity index (χ4v) is 5.30. The molecule has 4 atom stereocenters. The van der Waals surface area contributed by atoms with Crippen molar-refractivity contribution in [3.8, 4) is 0 Å². The summed E-state index contributed by atoms with van der Waals surface area (Å²) in [5, 5.41) is 17.9. The molecule has 7 nitrogen and oxygen atoms in total. The summed E-state index contributed by atoms with van der Waals surface area (Å²) in [6.45, 7) is 5.73. The minimum atomic E-state index is -0.970. The van der Waals surface area contributed by atoms with Gasteiger partial charge in [-0.05, 0) is 19.4 Å². The Bertz CT molecular complexity index is 452. The standard InChI is InChI=1S/C17H32N4O3S/c1-3-5-7-9-21(12(8-6-4-2)10-18-17(23)24)15-14-13(11-25-15)19-16(22)20-14/h12-15,18H,3-11H2,1-2H3,(H,23,24)(H2,19,20,22)/t12?,13-,14-,15-/m0/s1. The molecular weight excluding hydrogens is 340 g/mol. The number of thioether (sulfide) groups is 1. The van der Waals surface area contributed by atoms with Gasteiger partial charge in [-0.1, -0.05) is 39.5 Å². The minimum Gasteiger partial charge on any atom is -0.465 e. The number of amides is 3. The smallest absolute Gasteiger partial charge is 0.404 e. The molecule has 144 valence electrons. The number of rotatable bonds is 11. The Labute approximate surface area is 154 Å². The molecule has 8 heteroatoms. The number of nitrogens with one attached hydrogen (secondary N) is 3. The van der Waals surface area contributed by atoms with Crippen molar-refractivity contribution in [3.63, 3.8) is 0 Å². The van der Waals surface area contributed by atoms with Gasteiger partial charge in [0.25, 0.3) is 0 Å². The van der Waals surface area contributed by atoms with E-state index in [0.29, 0.717) is 6.54 Å². The number of urea groups is 1. The average molecular weight is 373 g/mol. The van der Waals surface area contributed by atoms with Crippen molar-refractivity contribution in [2.24, 2.45) is 0 Å². The largest absolute Gasteiger partial charge is 0.465 e. The number of nitrogens with zero attached hydrogens (tertiary/aromatic N) is 1. The third kappa shape index (κ3) is 5.67. The van der Waals surface area contributed by atoms with Gasteiger partial charge in [0, 0.05) is 18.3 Å². The van der Waals surface area contributed by atoms with Gasteiger partial charge in [0.15, 0.2) is 0 Å². The fraction of sp³-hybridized carbons (Fsp3) is 0.882. The lowest BCUT2D eigenvalue weighted by Gasteiger charge is -2.38. The van der Waals surface area contributed by atoms with E-state index in [1.54, 1.807) is 0 Å². The lowest BCUT2D eigenvalue weighted by molar-refractivity contribution is 0.141. The monoisotopic (exact) mass is 372 g/mol. The Morgan fingerprint density at radius 2 is 2.08 bits per heavy atom. The SMILES string of the molecule is CCCCCN(C(CCCC)CNC(=O)O)[C@H]1SC[C@@H]2NC(=O)N[C@@H]21. The van der Waals surface area contributed by atoms with Crippen molar-refractivity contribution in [3.05, 3.63) is 0 Å². The zero-order valence-electron chi connectivity index (χ0n) is 15.3. The van der Waals surface area contributed by atoms with Crippen LogP contribution >= 0.6 is 11.8 Å². The molecule has 2 aliphatic rings. The minimum absolute atomic E-state index is 0.0809. The summed E-state index contributed by atoms with van der Waals surface area (Å²) in [6.07, 6.45) is 5.59. The van der Waals surface area contributed by atoms with E-state index in [1.807, 2.05) is 11.8 Å². The molecule has 0 bridgehead atoms. The van der Waals surface area contributed by atoms with Crippen LogP contribution in [0.2, 0.25) is 0 Å². The normalized spacial score (nSPS) is 26.2. The second-order valence-corrected chi connectivity index (χ2v) is 8.05. The third-order valence-corrected chi connectivity index (χ3v) is 6.45. The summed E-state index contributed by atoms with van der Waals surface area (Å²) < 4.78 is 0. The summed E-state index contributed by atoms with van der Waals surface area (Å²) in [4.78, 5) is 25.2. The highest BCUT2D eigenvalue weighted by atomic mass is 32.2. The molecule has 2 rings (SSSR count). The first-order valence-electron chi connectivity index (χ1n) is 9.48. The van der Waals surface area contributed by atoms with Gasteiger partial charge in [-0.2, -0.15) is 0 Å². The molecule has 2 heterocycles. The van der Waals surface area contributed by atoms with Crippen molar-refractivity contribution >= 4 is 23.9 Å². The summed E-state index contributed by atoms with van der Waals surface area (Å²) >= 11 is 1.87. The first-order chi connectivity index (χ1) is 12.1. The van der Waals surface area contributed by atoms with E-state index in [2.05, 4.69) is 34.7 Å². The predicted molar refractivity (Wildman–Crippen MR) is 101 cm³/mol. The molecule has 0 saturated carbocycles. The van der Waals surface area contributed by atoms with Crippen LogP contribution in [0, 0.1) is 0 Å². The number of hydrogen-bond donors (Lipinski definition) is 4. The first kappa shape index (κ1) is 20.2. The van der Waals surface area contributed by atoms with E-state index < -0.39 is 6.09 Å². The Kier molecular flexibility index (Phi) is 8.15. The number of carbonyl (C=O) groups excluding carboxylic acids is 1. The fourth-order valence-electron chi connectivity index (χ4n) is 3.67. The number of unbranched alkanes of at least 4 members (excludes halogenated alkanes) is 3. The van der Waals surface area contributed by atoms with Gasteiger partial charge in [0.1, 0.15) is 0 Å². The lowest BCUT2D eigenvalue weighted by atomic mass is 10.0. The number of fused-ring (bicyclic) bond motifs is 1. The number of carboxylic acid groups (broad SMARTS) is 1. The van der Waals surface area contributed by atoms with Crippen molar-refractivity contribution in [1.82, 2.24) is 20.9 Å². The van der Waals surface area contributed by atoms with E-state index >= 15 is 0 Å². The van der Waals surface area contributed by atoms with Crippen LogP contribution in [0.3, 0.4) is 0 Å². The quantitative estimate of drug-likeness (QED) is 0.330. The van der Waals surface area contributed by atoms with Crippen LogP contribution in [-0.2, 0) is 0 Å². The molecule has 4 N–H and O–H groups in total. The lowest BCUT2D eigenvalue weighted by Crippen LogP contribution is -2.54. The topological polar surface area (TPSA) is 93.7 Å². The molecular formula is C17H32N4O3S. The van der Waals surface area contributed by atoms with Gasteiger partial charge in [-0.25, -0.2) is 9.59 Å². The van der Waals surface area contributed by atoms with Gasteiger partial charge in [0.2, 0.25) is 0 Å². The van der Waals surface area contributed by atoms with E-state index in [0.717, 1.165) is 44.4 Å². The second-order valence-electron chi connectivity index (χ2n) is 6.90. The molecule has 0 radical (unpaired) electrons. The summed E-state index contributed by atoms with van der Waals surface area (Å²) in [6, 6.07) is 0.368. The van der Waals surface area contributed by atoms with Crippen LogP contribution in [0.5, 0.6) is 0 Å². The van der Waals surface area contributed by atoms with Gasteiger partial charge >= 0.3 is 12.1 Å². The van der Waals surface area contributed by atoms with Crippen molar-refractivity contribution in [1.29, 1.82) is 0 Å². The highest BCUT2D eigenvalue weighted by molar-refractivity contribution is 8.00. The highest BCUT2D eigenvalue weighted by Crippen LogP contribution is 2.34. The maximum absolute atomic E-state index is 11.7. The predicted octanol–water partition coefficient (Wildman–Crippen LogP) is 2.43. The summed E-state index contributed by atoms with van der Waals surface area (Å²) in [7, 11) is 0. The Balaban J connectivity index is 2.09. The average Bonchev–Trinajstić information content (AvgIpc) is 3.11. The molecule has 2 aliphatic heterocycles. The molecule has 25 heavy (non-hydrogen) atoms. The first-order valence-corrected chi connectivity index (χ1v) is 10.5. The van der Waals surface area contributed by atoms with Crippen LogP contribution in [0.4, 0.5) is 9.59 Å². The van der Waals surface area contributed by atoms with Gasteiger partial charge in [0.05, 0.1) is 17.5 Å². The molecule has 0 aromatic rings. The zero-order chi connectivity index (χ0) is 18.2. The van der Waals surface area contributed by atoms with Crippen molar-refractivity contribution in [2.75, 3.05) is 18.8 Å². The van der Waals surface area contributed by atoms with Crippen LogP contribution in [0.1, 0.15) is 52.4 Å². The molecule has 2 fully saturated rings. The zero-order valence-corrected chi connectivity index (χ0v) is 16.1.